The Kier molecular flexibility index (Phi) is 5.13. The summed E-state index contributed by atoms with van der Waals surface area (Å²) < 4.78 is 0. The van der Waals surface area contributed by atoms with Crippen molar-refractivity contribution in [2.45, 2.75) is 39.7 Å². The van der Waals surface area contributed by atoms with Crippen LogP contribution in [0.2, 0.25) is 0 Å². The lowest BCUT2D eigenvalue weighted by Crippen LogP contribution is -2.32. The quantitative estimate of drug-likeness (QED) is 0.704. The zero-order valence-corrected chi connectivity index (χ0v) is 15.0. The molecule has 2 aromatic carbocycles. The first-order valence-corrected chi connectivity index (χ1v) is 8.86. The summed E-state index contributed by atoms with van der Waals surface area (Å²) in [5, 5.41) is 4.02. The number of aryl methyl sites for hydroxylation is 1. The number of hydrogen-bond donors (Lipinski definition) is 1. The van der Waals surface area contributed by atoms with Crippen molar-refractivity contribution in [1.29, 1.82) is 0 Å². The molecule has 3 rings (SSSR count). The molecule has 0 spiro atoms. The van der Waals surface area contributed by atoms with Crippen LogP contribution in [-0.2, 0) is 0 Å². The smallest absolute Gasteiger partial charge is 0.252 e. The van der Waals surface area contributed by atoms with E-state index in [-0.39, 0.29) is 11.9 Å². The van der Waals surface area contributed by atoms with E-state index in [4.69, 9.17) is 4.98 Å². The number of amides is 1. The minimum atomic E-state index is -0.0314. The average Bonchev–Trinajstić information content (AvgIpc) is 2.61. The zero-order chi connectivity index (χ0) is 17.8. The van der Waals surface area contributed by atoms with E-state index in [0.29, 0.717) is 5.56 Å². The molecule has 1 heterocycles. The highest BCUT2D eigenvalue weighted by atomic mass is 16.1. The van der Waals surface area contributed by atoms with Gasteiger partial charge in [0.1, 0.15) is 0 Å². The molecule has 0 fully saturated rings. The molecule has 25 heavy (non-hydrogen) atoms. The van der Waals surface area contributed by atoms with Crippen molar-refractivity contribution in [1.82, 2.24) is 10.3 Å². The summed E-state index contributed by atoms with van der Waals surface area (Å²) >= 11 is 0. The molecular weight excluding hydrogens is 308 g/mol. The summed E-state index contributed by atoms with van der Waals surface area (Å²) in [4.78, 5) is 17.7. The minimum absolute atomic E-state index is 0.0314. The van der Waals surface area contributed by atoms with Crippen molar-refractivity contribution in [2.24, 2.45) is 0 Å². The van der Waals surface area contributed by atoms with Crippen LogP contribution >= 0.6 is 0 Å². The van der Waals surface area contributed by atoms with Gasteiger partial charge >= 0.3 is 0 Å². The van der Waals surface area contributed by atoms with Gasteiger partial charge in [0.25, 0.3) is 5.91 Å². The van der Waals surface area contributed by atoms with E-state index in [1.54, 1.807) is 0 Å². The number of nitrogens with zero attached hydrogens (tertiary/aromatic N) is 1. The molecule has 1 N–H and O–H groups in total. The van der Waals surface area contributed by atoms with Crippen LogP contribution in [0.1, 0.15) is 42.6 Å². The first-order valence-electron chi connectivity index (χ1n) is 8.86. The highest BCUT2D eigenvalue weighted by Gasteiger charge is 2.15. The summed E-state index contributed by atoms with van der Waals surface area (Å²) in [5.74, 6) is -0.0314. The van der Waals surface area contributed by atoms with Gasteiger partial charge in [0.15, 0.2) is 0 Å². The van der Waals surface area contributed by atoms with E-state index in [0.717, 1.165) is 40.6 Å². The summed E-state index contributed by atoms with van der Waals surface area (Å²) in [6.07, 6.45) is 2.02. The molecule has 0 radical (unpaired) electrons. The van der Waals surface area contributed by atoms with E-state index < -0.39 is 0 Å². The number of carbonyl (C=O) groups is 1. The lowest BCUT2D eigenvalue weighted by Gasteiger charge is -2.15. The second kappa shape index (κ2) is 7.47. The second-order valence-electron chi connectivity index (χ2n) is 6.60. The van der Waals surface area contributed by atoms with Gasteiger partial charge < -0.3 is 5.32 Å². The molecule has 0 aliphatic heterocycles. The topological polar surface area (TPSA) is 42.0 Å². The van der Waals surface area contributed by atoms with Crippen molar-refractivity contribution in [2.75, 3.05) is 0 Å². The third-order valence-corrected chi connectivity index (χ3v) is 4.38. The Labute approximate surface area is 149 Å². The number of aromatic nitrogens is 1. The van der Waals surface area contributed by atoms with Crippen LogP contribution in [0.3, 0.4) is 0 Å². The van der Waals surface area contributed by atoms with Crippen molar-refractivity contribution in [3.63, 3.8) is 0 Å². The Morgan fingerprint density at radius 2 is 1.88 bits per heavy atom. The van der Waals surface area contributed by atoms with Gasteiger partial charge in [0, 0.05) is 17.0 Å². The number of nitrogens with one attached hydrogen (secondary N) is 1. The first-order chi connectivity index (χ1) is 12.1. The van der Waals surface area contributed by atoms with Crippen LogP contribution in [0, 0.1) is 6.92 Å². The van der Waals surface area contributed by atoms with Crippen molar-refractivity contribution >= 4 is 16.8 Å². The standard InChI is InChI=1S/C22H24N2O/c1-4-8-16(3)23-22(25)19-14-21(17-9-6-5-7-10-17)24-20-12-11-15(2)13-18(19)20/h5-7,9-14,16H,4,8H2,1-3H3,(H,23,25). The van der Waals surface area contributed by atoms with Gasteiger partial charge in [0.05, 0.1) is 16.8 Å². The fourth-order valence-corrected chi connectivity index (χ4v) is 3.09. The van der Waals surface area contributed by atoms with Crippen molar-refractivity contribution < 1.29 is 4.79 Å². The van der Waals surface area contributed by atoms with Gasteiger partial charge in [-0.15, -0.1) is 0 Å². The summed E-state index contributed by atoms with van der Waals surface area (Å²) in [7, 11) is 0. The number of fused-ring (bicyclic) bond motifs is 1. The highest BCUT2D eigenvalue weighted by Crippen LogP contribution is 2.25. The van der Waals surface area contributed by atoms with E-state index >= 15 is 0 Å². The Balaban J connectivity index is 2.10. The molecule has 3 heteroatoms. The fourth-order valence-electron chi connectivity index (χ4n) is 3.09. The maximum atomic E-state index is 12.9. The summed E-state index contributed by atoms with van der Waals surface area (Å²) in [6.45, 7) is 6.21. The van der Waals surface area contributed by atoms with E-state index in [9.17, 15) is 4.79 Å². The molecule has 128 valence electrons. The van der Waals surface area contributed by atoms with Gasteiger partial charge in [-0.3, -0.25) is 4.79 Å². The summed E-state index contributed by atoms with van der Waals surface area (Å²) in [6, 6.07) is 18.1. The second-order valence-corrected chi connectivity index (χ2v) is 6.60. The lowest BCUT2D eigenvalue weighted by molar-refractivity contribution is 0.0940. The Morgan fingerprint density at radius 1 is 1.12 bits per heavy atom. The number of pyridine rings is 1. The van der Waals surface area contributed by atoms with E-state index in [1.165, 1.54) is 0 Å². The monoisotopic (exact) mass is 332 g/mol. The number of rotatable bonds is 5. The third-order valence-electron chi connectivity index (χ3n) is 4.38. The number of benzene rings is 2. The van der Waals surface area contributed by atoms with Gasteiger partial charge in [-0.1, -0.05) is 55.3 Å². The maximum Gasteiger partial charge on any atom is 0.252 e. The van der Waals surface area contributed by atoms with Crippen LogP contribution in [0.5, 0.6) is 0 Å². The molecular formula is C22H24N2O. The molecule has 3 nitrogen and oxygen atoms in total. The highest BCUT2D eigenvalue weighted by molar-refractivity contribution is 6.07. The van der Waals surface area contributed by atoms with Crippen LogP contribution in [0.25, 0.3) is 22.2 Å². The summed E-state index contributed by atoms with van der Waals surface area (Å²) in [5.41, 5.74) is 4.50. The van der Waals surface area contributed by atoms with Gasteiger partial charge in [-0.05, 0) is 38.5 Å². The molecule has 1 aromatic heterocycles. The third kappa shape index (κ3) is 3.87. The van der Waals surface area contributed by atoms with Crippen LogP contribution in [-0.4, -0.2) is 16.9 Å². The van der Waals surface area contributed by atoms with Crippen molar-refractivity contribution in [3.05, 3.63) is 65.7 Å². The van der Waals surface area contributed by atoms with Crippen molar-refractivity contribution in [3.8, 4) is 11.3 Å². The predicted octanol–water partition coefficient (Wildman–Crippen LogP) is 5.13. The molecule has 1 unspecified atom stereocenters. The lowest BCUT2D eigenvalue weighted by atomic mass is 10.0. The van der Waals surface area contributed by atoms with E-state index in [2.05, 4.69) is 12.2 Å². The molecule has 0 aliphatic carbocycles. The Bertz CT molecular complexity index is 887. The maximum absolute atomic E-state index is 12.9. The van der Waals surface area contributed by atoms with Crippen LogP contribution in [0.15, 0.2) is 54.6 Å². The first kappa shape index (κ1) is 17.2. The zero-order valence-electron chi connectivity index (χ0n) is 15.0. The number of hydrogen-bond acceptors (Lipinski definition) is 2. The minimum Gasteiger partial charge on any atom is -0.350 e. The van der Waals surface area contributed by atoms with Gasteiger partial charge in [-0.2, -0.15) is 0 Å². The molecule has 0 bridgehead atoms. The molecule has 1 atom stereocenters. The predicted molar refractivity (Wildman–Crippen MR) is 104 cm³/mol. The fraction of sp³-hybridized carbons (Fsp3) is 0.273. The van der Waals surface area contributed by atoms with Gasteiger partial charge in [0.2, 0.25) is 0 Å². The SMILES string of the molecule is CCCC(C)NC(=O)c1cc(-c2ccccc2)nc2ccc(C)cc12. The number of carbonyl (C=O) groups excluding carboxylic acids is 1. The van der Waals surface area contributed by atoms with Crippen LogP contribution in [0.4, 0.5) is 0 Å². The Hall–Kier alpha value is -2.68. The largest absolute Gasteiger partial charge is 0.350 e. The molecule has 0 aliphatic rings. The molecule has 3 aromatic rings. The van der Waals surface area contributed by atoms with Gasteiger partial charge in [-0.25, -0.2) is 4.98 Å². The molecule has 0 saturated heterocycles. The average molecular weight is 332 g/mol. The normalized spacial score (nSPS) is 12.1. The van der Waals surface area contributed by atoms with E-state index in [1.807, 2.05) is 68.4 Å². The molecule has 0 saturated carbocycles. The molecule has 1 amide bonds. The Morgan fingerprint density at radius 3 is 2.60 bits per heavy atom. The van der Waals surface area contributed by atoms with Crippen LogP contribution < -0.4 is 5.32 Å².